The molecule has 0 unspecified atom stereocenters. The monoisotopic (exact) mass is 344 g/mol. The summed E-state index contributed by atoms with van der Waals surface area (Å²) >= 11 is 0. The van der Waals surface area contributed by atoms with Crippen LogP contribution in [-0.4, -0.2) is 38.9 Å². The molecule has 2 N–H and O–H groups in total. The lowest BCUT2D eigenvalue weighted by Crippen LogP contribution is -2.37. The third-order valence-electron chi connectivity index (χ3n) is 5.00. The van der Waals surface area contributed by atoms with Crippen molar-refractivity contribution < 1.29 is 9.90 Å². The first-order valence-electron chi connectivity index (χ1n) is 8.83. The molecule has 0 aliphatic rings. The molecule has 2 aromatic rings. The Bertz CT molecular complexity index is 703. The molecule has 6 nitrogen and oxygen atoms in total. The molecule has 0 bridgehead atoms. The van der Waals surface area contributed by atoms with Gasteiger partial charge in [-0.15, -0.1) is 0 Å². The Kier molecular flexibility index (Phi) is 6.31. The summed E-state index contributed by atoms with van der Waals surface area (Å²) in [5.41, 5.74) is 2.40. The molecular weight excluding hydrogens is 316 g/mol. The van der Waals surface area contributed by atoms with Crippen LogP contribution in [0.2, 0.25) is 0 Å². The SMILES string of the molecule is CCC(CC)(CCO)CNC(=O)c1ccc(-n2nc(C)cc2C)nc1. The normalized spacial score (nSPS) is 11.6. The number of hydrogen-bond donors (Lipinski definition) is 2. The van der Waals surface area contributed by atoms with Gasteiger partial charge in [-0.1, -0.05) is 13.8 Å². The minimum absolute atomic E-state index is 0.0541. The van der Waals surface area contributed by atoms with Crippen molar-refractivity contribution in [3.05, 3.63) is 41.3 Å². The van der Waals surface area contributed by atoms with E-state index in [0.29, 0.717) is 24.3 Å². The Hall–Kier alpha value is -2.21. The number of aliphatic hydroxyl groups is 1. The number of aryl methyl sites for hydroxylation is 2. The molecular formula is C19H28N4O2. The molecule has 0 aliphatic heterocycles. The van der Waals surface area contributed by atoms with Crippen molar-refractivity contribution in [2.24, 2.45) is 5.41 Å². The third-order valence-corrected chi connectivity index (χ3v) is 5.00. The summed E-state index contributed by atoms with van der Waals surface area (Å²) in [7, 11) is 0. The van der Waals surface area contributed by atoms with Crippen molar-refractivity contribution in [3.63, 3.8) is 0 Å². The fourth-order valence-corrected chi connectivity index (χ4v) is 3.06. The van der Waals surface area contributed by atoms with Crippen LogP contribution in [0.3, 0.4) is 0 Å². The lowest BCUT2D eigenvalue weighted by molar-refractivity contribution is 0.0907. The molecule has 0 fully saturated rings. The minimum atomic E-state index is -0.142. The van der Waals surface area contributed by atoms with Crippen molar-refractivity contribution in [1.29, 1.82) is 0 Å². The molecule has 2 aromatic heterocycles. The van der Waals surface area contributed by atoms with Crippen LogP contribution >= 0.6 is 0 Å². The number of hydrogen-bond acceptors (Lipinski definition) is 4. The second-order valence-corrected chi connectivity index (χ2v) is 6.61. The van der Waals surface area contributed by atoms with Crippen LogP contribution in [0.1, 0.15) is 54.9 Å². The van der Waals surface area contributed by atoms with Gasteiger partial charge < -0.3 is 10.4 Å². The zero-order valence-electron chi connectivity index (χ0n) is 15.5. The first-order chi connectivity index (χ1) is 11.9. The molecule has 2 heterocycles. The standard InChI is InChI=1S/C19H28N4O2/c1-5-19(6-2,9-10-24)13-21-18(25)16-7-8-17(20-12-16)23-15(4)11-14(3)22-23/h7-8,11-12,24H,5-6,9-10,13H2,1-4H3,(H,21,25). The van der Waals surface area contributed by atoms with E-state index in [-0.39, 0.29) is 17.9 Å². The Morgan fingerprint density at radius 2 is 2.00 bits per heavy atom. The van der Waals surface area contributed by atoms with E-state index in [1.165, 1.54) is 0 Å². The Balaban J connectivity index is 2.06. The number of rotatable bonds is 8. The molecule has 0 aliphatic carbocycles. The molecule has 0 saturated carbocycles. The molecule has 136 valence electrons. The maximum atomic E-state index is 12.4. The Labute approximate surface area is 149 Å². The van der Waals surface area contributed by atoms with Gasteiger partial charge in [-0.05, 0) is 56.7 Å². The summed E-state index contributed by atoms with van der Waals surface area (Å²) in [6.45, 7) is 8.78. The van der Waals surface area contributed by atoms with Gasteiger partial charge in [0.15, 0.2) is 5.82 Å². The summed E-state index contributed by atoms with van der Waals surface area (Å²) < 4.78 is 1.76. The first-order valence-corrected chi connectivity index (χ1v) is 8.83. The largest absolute Gasteiger partial charge is 0.396 e. The zero-order valence-corrected chi connectivity index (χ0v) is 15.5. The van der Waals surface area contributed by atoms with Crippen molar-refractivity contribution >= 4 is 5.91 Å². The number of carbonyl (C=O) groups is 1. The average molecular weight is 344 g/mol. The highest BCUT2D eigenvalue weighted by Gasteiger charge is 2.26. The highest BCUT2D eigenvalue weighted by molar-refractivity contribution is 5.93. The van der Waals surface area contributed by atoms with Crippen LogP contribution in [0, 0.1) is 19.3 Å². The first kappa shape index (κ1) is 19.1. The Morgan fingerprint density at radius 3 is 2.48 bits per heavy atom. The van der Waals surface area contributed by atoms with E-state index in [9.17, 15) is 9.90 Å². The van der Waals surface area contributed by atoms with Crippen LogP contribution in [0.4, 0.5) is 0 Å². The maximum Gasteiger partial charge on any atom is 0.252 e. The van der Waals surface area contributed by atoms with Gasteiger partial charge >= 0.3 is 0 Å². The van der Waals surface area contributed by atoms with Crippen LogP contribution in [0.15, 0.2) is 24.4 Å². The van der Waals surface area contributed by atoms with E-state index in [1.54, 1.807) is 23.0 Å². The maximum absolute atomic E-state index is 12.4. The summed E-state index contributed by atoms with van der Waals surface area (Å²) in [4.78, 5) is 16.8. The molecule has 6 heteroatoms. The van der Waals surface area contributed by atoms with Crippen molar-refractivity contribution in [1.82, 2.24) is 20.1 Å². The van der Waals surface area contributed by atoms with Gasteiger partial charge in [-0.2, -0.15) is 5.10 Å². The predicted molar refractivity (Wildman–Crippen MR) is 97.9 cm³/mol. The Morgan fingerprint density at radius 1 is 1.28 bits per heavy atom. The second kappa shape index (κ2) is 8.25. The van der Waals surface area contributed by atoms with Gasteiger partial charge in [0, 0.05) is 25.0 Å². The van der Waals surface area contributed by atoms with Gasteiger partial charge in [0.05, 0.1) is 11.3 Å². The lowest BCUT2D eigenvalue weighted by atomic mass is 9.79. The van der Waals surface area contributed by atoms with Crippen molar-refractivity contribution in [2.45, 2.75) is 47.0 Å². The lowest BCUT2D eigenvalue weighted by Gasteiger charge is -2.31. The van der Waals surface area contributed by atoms with E-state index in [0.717, 1.165) is 24.2 Å². The molecule has 25 heavy (non-hydrogen) atoms. The van der Waals surface area contributed by atoms with Crippen LogP contribution in [0.25, 0.3) is 5.82 Å². The van der Waals surface area contributed by atoms with Gasteiger partial charge in [0.25, 0.3) is 5.91 Å². The fraction of sp³-hybridized carbons (Fsp3) is 0.526. The third kappa shape index (κ3) is 4.45. The van der Waals surface area contributed by atoms with Crippen molar-refractivity contribution in [2.75, 3.05) is 13.2 Å². The number of nitrogens with one attached hydrogen (secondary N) is 1. The van der Waals surface area contributed by atoms with Gasteiger partial charge in [0.2, 0.25) is 0 Å². The number of pyridine rings is 1. The molecule has 1 amide bonds. The van der Waals surface area contributed by atoms with Gasteiger partial charge in [0.1, 0.15) is 0 Å². The summed E-state index contributed by atoms with van der Waals surface area (Å²) in [6.07, 6.45) is 4.10. The highest BCUT2D eigenvalue weighted by Crippen LogP contribution is 2.29. The van der Waals surface area contributed by atoms with Crippen LogP contribution in [0.5, 0.6) is 0 Å². The van der Waals surface area contributed by atoms with Gasteiger partial charge in [-0.3, -0.25) is 4.79 Å². The van der Waals surface area contributed by atoms with E-state index in [1.807, 2.05) is 19.9 Å². The number of carbonyl (C=O) groups excluding carboxylic acids is 1. The summed E-state index contributed by atoms with van der Waals surface area (Å²) in [5.74, 6) is 0.551. The fourth-order valence-electron chi connectivity index (χ4n) is 3.06. The van der Waals surface area contributed by atoms with E-state index in [4.69, 9.17) is 0 Å². The summed E-state index contributed by atoms with van der Waals surface area (Å²) in [5, 5.41) is 16.7. The van der Waals surface area contributed by atoms with Crippen LogP contribution in [-0.2, 0) is 0 Å². The quantitative estimate of drug-likeness (QED) is 0.772. The molecule has 0 radical (unpaired) electrons. The number of amides is 1. The second-order valence-electron chi connectivity index (χ2n) is 6.61. The van der Waals surface area contributed by atoms with E-state index in [2.05, 4.69) is 29.2 Å². The number of aliphatic hydroxyl groups excluding tert-OH is 1. The van der Waals surface area contributed by atoms with Gasteiger partial charge in [-0.25, -0.2) is 9.67 Å². The molecule has 0 aromatic carbocycles. The predicted octanol–water partition coefficient (Wildman–Crippen LogP) is 2.80. The van der Waals surface area contributed by atoms with Crippen molar-refractivity contribution in [3.8, 4) is 5.82 Å². The minimum Gasteiger partial charge on any atom is -0.396 e. The molecule has 2 rings (SSSR count). The smallest absolute Gasteiger partial charge is 0.252 e. The summed E-state index contributed by atoms with van der Waals surface area (Å²) in [6, 6.07) is 5.55. The average Bonchev–Trinajstić information content (AvgIpc) is 2.97. The van der Waals surface area contributed by atoms with E-state index < -0.39 is 0 Å². The molecule has 0 spiro atoms. The number of aromatic nitrogens is 3. The van der Waals surface area contributed by atoms with E-state index >= 15 is 0 Å². The molecule has 0 saturated heterocycles. The topological polar surface area (TPSA) is 80.0 Å². The van der Waals surface area contributed by atoms with Crippen LogP contribution < -0.4 is 5.32 Å². The highest BCUT2D eigenvalue weighted by atomic mass is 16.3. The number of nitrogens with zero attached hydrogens (tertiary/aromatic N) is 3. The molecule has 0 atom stereocenters. The zero-order chi connectivity index (χ0) is 18.4.